The number of hydrogen-bond acceptors (Lipinski definition) is 3. The lowest BCUT2D eigenvalue weighted by Gasteiger charge is -2.34. The highest BCUT2D eigenvalue weighted by molar-refractivity contribution is 6.33. The van der Waals surface area contributed by atoms with E-state index in [1.807, 2.05) is 24.3 Å². The standard InChI is InChI=1S/C28H26ClF2N3O/c1-17(2)33-13-10-18(11-14-33)25-16-21(19-6-3-4-7-22(19)29)20-12-15-34(35)28(27(20)32-25)26-23(30)8-5-9-24(26)31/h3-9,12,15-18H,10-11,13-14H2,1-2H3. The van der Waals surface area contributed by atoms with Gasteiger partial charge in [-0.05, 0) is 69.6 Å². The number of piperidine rings is 1. The maximum atomic E-state index is 14.9. The third kappa shape index (κ3) is 4.37. The van der Waals surface area contributed by atoms with Crippen LogP contribution in [0.25, 0.3) is 33.3 Å². The molecule has 0 saturated carbocycles. The van der Waals surface area contributed by atoms with Crippen molar-refractivity contribution in [3.8, 4) is 22.4 Å². The molecule has 0 spiro atoms. The van der Waals surface area contributed by atoms with Crippen molar-refractivity contribution in [2.75, 3.05) is 13.1 Å². The molecule has 7 heteroatoms. The SMILES string of the molecule is CC(C)N1CCC(c2cc(-c3ccccc3Cl)c3cc[n+]([O-])c(-c4c(F)cccc4F)c3n2)CC1. The van der Waals surface area contributed by atoms with Crippen LogP contribution in [-0.4, -0.2) is 29.0 Å². The summed E-state index contributed by atoms with van der Waals surface area (Å²) in [5.74, 6) is -1.45. The average Bonchev–Trinajstić information content (AvgIpc) is 2.85. The summed E-state index contributed by atoms with van der Waals surface area (Å²) < 4.78 is 30.2. The quantitative estimate of drug-likeness (QED) is 0.234. The van der Waals surface area contributed by atoms with Gasteiger partial charge in [0.2, 0.25) is 0 Å². The topological polar surface area (TPSA) is 43.1 Å². The summed E-state index contributed by atoms with van der Waals surface area (Å²) in [4.78, 5) is 7.32. The Labute approximate surface area is 208 Å². The Bertz CT molecular complexity index is 1380. The normalized spacial score (nSPS) is 15.3. The van der Waals surface area contributed by atoms with Crippen molar-refractivity contribution in [1.82, 2.24) is 9.88 Å². The first-order chi connectivity index (χ1) is 16.8. The van der Waals surface area contributed by atoms with Gasteiger partial charge in [-0.15, -0.1) is 0 Å². The van der Waals surface area contributed by atoms with Gasteiger partial charge >= 0.3 is 0 Å². The second-order valence-electron chi connectivity index (χ2n) is 9.33. The predicted molar refractivity (Wildman–Crippen MR) is 135 cm³/mol. The number of pyridine rings is 2. The molecular weight excluding hydrogens is 468 g/mol. The second-order valence-corrected chi connectivity index (χ2v) is 9.73. The molecule has 5 rings (SSSR count). The summed E-state index contributed by atoms with van der Waals surface area (Å²) in [7, 11) is 0. The summed E-state index contributed by atoms with van der Waals surface area (Å²) in [5.41, 5.74) is 2.14. The third-order valence-electron chi connectivity index (χ3n) is 6.94. The maximum absolute atomic E-state index is 14.9. The van der Waals surface area contributed by atoms with Crippen molar-refractivity contribution in [3.63, 3.8) is 0 Å². The number of rotatable bonds is 4. The molecule has 4 aromatic rings. The van der Waals surface area contributed by atoms with Gasteiger partial charge in [-0.1, -0.05) is 35.9 Å². The summed E-state index contributed by atoms with van der Waals surface area (Å²) in [5, 5.41) is 14.1. The number of likely N-dealkylation sites (tertiary alicyclic amines) is 1. The van der Waals surface area contributed by atoms with Crippen LogP contribution in [0.1, 0.15) is 38.3 Å². The van der Waals surface area contributed by atoms with Crippen molar-refractivity contribution in [1.29, 1.82) is 0 Å². The van der Waals surface area contributed by atoms with Crippen molar-refractivity contribution in [3.05, 3.63) is 88.4 Å². The molecule has 4 nitrogen and oxygen atoms in total. The molecule has 0 atom stereocenters. The molecule has 1 aliphatic rings. The van der Waals surface area contributed by atoms with E-state index in [2.05, 4.69) is 18.7 Å². The Hall–Kier alpha value is -3.09. The summed E-state index contributed by atoms with van der Waals surface area (Å²) in [6.07, 6.45) is 3.09. The number of nitrogens with zero attached hydrogens (tertiary/aromatic N) is 3. The largest absolute Gasteiger partial charge is 0.618 e. The highest BCUT2D eigenvalue weighted by atomic mass is 35.5. The zero-order chi connectivity index (χ0) is 24.7. The first-order valence-corrected chi connectivity index (χ1v) is 12.2. The van der Waals surface area contributed by atoms with E-state index >= 15 is 0 Å². The smallest absolute Gasteiger partial charge is 0.256 e. The van der Waals surface area contributed by atoms with Crippen molar-refractivity contribution < 1.29 is 13.5 Å². The van der Waals surface area contributed by atoms with Crippen LogP contribution in [0, 0.1) is 16.8 Å². The maximum Gasteiger partial charge on any atom is 0.256 e. The molecule has 0 unspecified atom stereocenters. The van der Waals surface area contributed by atoms with Gasteiger partial charge < -0.3 is 10.1 Å². The molecule has 2 aromatic carbocycles. The minimum Gasteiger partial charge on any atom is -0.618 e. The van der Waals surface area contributed by atoms with Gasteiger partial charge in [0, 0.05) is 39.7 Å². The molecule has 0 N–H and O–H groups in total. The van der Waals surface area contributed by atoms with Gasteiger partial charge in [0.05, 0.1) is 0 Å². The lowest BCUT2D eigenvalue weighted by molar-refractivity contribution is -0.592. The second kappa shape index (κ2) is 9.51. The first-order valence-electron chi connectivity index (χ1n) is 11.8. The van der Waals surface area contributed by atoms with Gasteiger partial charge in [-0.25, -0.2) is 13.8 Å². The summed E-state index contributed by atoms with van der Waals surface area (Å²) in [6.45, 7) is 6.25. The number of hydrogen-bond donors (Lipinski definition) is 0. The van der Waals surface area contributed by atoms with E-state index in [0.717, 1.165) is 54.9 Å². The van der Waals surface area contributed by atoms with Crippen molar-refractivity contribution >= 4 is 22.5 Å². The molecule has 2 aromatic heterocycles. The molecule has 3 heterocycles. The van der Waals surface area contributed by atoms with E-state index in [4.69, 9.17) is 16.6 Å². The van der Waals surface area contributed by atoms with Crippen LogP contribution in [-0.2, 0) is 0 Å². The highest BCUT2D eigenvalue weighted by Gasteiger charge is 2.28. The fourth-order valence-corrected chi connectivity index (χ4v) is 5.26. The Morgan fingerprint density at radius 2 is 1.69 bits per heavy atom. The molecule has 0 radical (unpaired) electrons. The van der Waals surface area contributed by atoms with Gasteiger partial charge in [-0.2, -0.15) is 4.73 Å². The molecular formula is C28H26ClF2N3O. The van der Waals surface area contributed by atoms with Crippen LogP contribution in [0.5, 0.6) is 0 Å². The van der Waals surface area contributed by atoms with Crippen molar-refractivity contribution in [2.24, 2.45) is 0 Å². The van der Waals surface area contributed by atoms with Crippen LogP contribution in [0.4, 0.5) is 8.78 Å². The third-order valence-corrected chi connectivity index (χ3v) is 7.27. The van der Waals surface area contributed by atoms with Crippen LogP contribution in [0.3, 0.4) is 0 Å². The first kappa shape index (κ1) is 23.6. The molecule has 0 aliphatic carbocycles. The van der Waals surface area contributed by atoms with Gasteiger partial charge in [0.25, 0.3) is 5.69 Å². The summed E-state index contributed by atoms with van der Waals surface area (Å²) >= 11 is 6.58. The van der Waals surface area contributed by atoms with E-state index in [9.17, 15) is 14.0 Å². The molecule has 180 valence electrons. The monoisotopic (exact) mass is 493 g/mol. The Balaban J connectivity index is 1.77. The molecule has 35 heavy (non-hydrogen) atoms. The van der Waals surface area contributed by atoms with E-state index < -0.39 is 11.6 Å². The molecule has 0 bridgehead atoms. The number of benzene rings is 2. The molecule has 1 aliphatic heterocycles. The predicted octanol–water partition coefficient (Wildman–Crippen LogP) is 6.72. The van der Waals surface area contributed by atoms with Crippen LogP contribution < -0.4 is 4.73 Å². The molecule has 0 amide bonds. The zero-order valence-corrected chi connectivity index (χ0v) is 20.4. The Morgan fingerprint density at radius 3 is 2.34 bits per heavy atom. The van der Waals surface area contributed by atoms with Crippen LogP contribution in [0.2, 0.25) is 5.02 Å². The fraction of sp³-hybridized carbons (Fsp3) is 0.286. The van der Waals surface area contributed by atoms with E-state index in [1.165, 1.54) is 12.3 Å². The molecule has 1 saturated heterocycles. The zero-order valence-electron chi connectivity index (χ0n) is 19.6. The van der Waals surface area contributed by atoms with Crippen LogP contribution >= 0.6 is 11.6 Å². The van der Waals surface area contributed by atoms with E-state index in [-0.39, 0.29) is 22.7 Å². The van der Waals surface area contributed by atoms with E-state index in [0.29, 0.717) is 21.2 Å². The number of aromatic nitrogens is 2. The lowest BCUT2D eigenvalue weighted by Crippen LogP contribution is -2.38. The van der Waals surface area contributed by atoms with Gasteiger partial charge in [0.15, 0.2) is 6.20 Å². The van der Waals surface area contributed by atoms with Crippen molar-refractivity contribution in [2.45, 2.75) is 38.6 Å². The number of halogens is 3. The fourth-order valence-electron chi connectivity index (χ4n) is 5.02. The number of fused-ring (bicyclic) bond motifs is 1. The minimum absolute atomic E-state index is 0.132. The lowest BCUT2D eigenvalue weighted by atomic mass is 9.89. The van der Waals surface area contributed by atoms with Crippen LogP contribution in [0.15, 0.2) is 60.8 Å². The Kier molecular flexibility index (Phi) is 6.43. The Morgan fingerprint density at radius 1 is 1.00 bits per heavy atom. The van der Waals surface area contributed by atoms with Gasteiger partial charge in [-0.3, -0.25) is 0 Å². The summed E-state index contributed by atoms with van der Waals surface area (Å²) in [6, 6.07) is 15.2. The average molecular weight is 494 g/mol. The van der Waals surface area contributed by atoms with Gasteiger partial charge in [0.1, 0.15) is 22.7 Å². The highest BCUT2D eigenvalue weighted by Crippen LogP contribution is 2.39. The minimum atomic E-state index is -0.807. The molecule has 1 fully saturated rings. The van der Waals surface area contributed by atoms with E-state index in [1.54, 1.807) is 12.1 Å².